The molecule has 0 spiro atoms. The van der Waals surface area contributed by atoms with E-state index in [1.807, 2.05) is 0 Å². The third-order valence-corrected chi connectivity index (χ3v) is 2.28. The van der Waals surface area contributed by atoms with Gasteiger partial charge in [0.25, 0.3) is 0 Å². The van der Waals surface area contributed by atoms with Crippen molar-refractivity contribution < 1.29 is 14.9 Å². The van der Waals surface area contributed by atoms with Crippen LogP contribution in [0.15, 0.2) is 36.4 Å². The van der Waals surface area contributed by atoms with Crippen LogP contribution in [0.2, 0.25) is 0 Å². The molecular formula is C12H12N2O3. The molecule has 0 aliphatic carbocycles. The van der Waals surface area contributed by atoms with Gasteiger partial charge in [0.15, 0.2) is 23.0 Å². The van der Waals surface area contributed by atoms with E-state index in [0.29, 0.717) is 0 Å². The number of rotatable bonds is 2. The van der Waals surface area contributed by atoms with Gasteiger partial charge in [0.1, 0.15) is 0 Å². The average Bonchev–Trinajstić information content (AvgIpc) is 2.31. The lowest BCUT2D eigenvalue weighted by atomic mass is 10.2. The van der Waals surface area contributed by atoms with Gasteiger partial charge in [-0.1, -0.05) is 12.1 Å². The molecule has 0 bridgehead atoms. The van der Waals surface area contributed by atoms with Gasteiger partial charge >= 0.3 is 0 Å². The van der Waals surface area contributed by atoms with Gasteiger partial charge in [-0.05, 0) is 24.3 Å². The zero-order chi connectivity index (χ0) is 12.4. The van der Waals surface area contributed by atoms with Gasteiger partial charge in [0.05, 0.1) is 11.4 Å². The lowest BCUT2D eigenvalue weighted by molar-refractivity contribution is 0.387. The quantitative estimate of drug-likeness (QED) is 0.469. The van der Waals surface area contributed by atoms with Gasteiger partial charge in [0, 0.05) is 0 Å². The second-order valence-corrected chi connectivity index (χ2v) is 3.49. The van der Waals surface area contributed by atoms with Crippen LogP contribution in [0.3, 0.4) is 0 Å². The first-order valence-electron chi connectivity index (χ1n) is 4.92. The number of para-hydroxylation sites is 2. The summed E-state index contributed by atoms with van der Waals surface area (Å²) in [6.45, 7) is 0. The molecule has 2 aromatic carbocycles. The van der Waals surface area contributed by atoms with E-state index >= 15 is 0 Å². The largest absolute Gasteiger partial charge is 0.503 e. The van der Waals surface area contributed by atoms with Crippen LogP contribution >= 0.6 is 0 Å². The van der Waals surface area contributed by atoms with E-state index in [1.54, 1.807) is 24.3 Å². The van der Waals surface area contributed by atoms with Crippen molar-refractivity contribution in [2.45, 2.75) is 0 Å². The van der Waals surface area contributed by atoms with Gasteiger partial charge < -0.3 is 26.4 Å². The smallest absolute Gasteiger partial charge is 0.181 e. The Hall–Kier alpha value is -2.56. The number of hydrogen-bond acceptors (Lipinski definition) is 5. The molecule has 0 unspecified atom stereocenters. The van der Waals surface area contributed by atoms with E-state index in [0.717, 1.165) is 0 Å². The van der Waals surface area contributed by atoms with Crippen molar-refractivity contribution in [2.24, 2.45) is 0 Å². The molecule has 2 rings (SSSR count). The third-order valence-electron chi connectivity index (χ3n) is 2.28. The van der Waals surface area contributed by atoms with Crippen LogP contribution in [-0.4, -0.2) is 10.2 Å². The molecule has 17 heavy (non-hydrogen) atoms. The predicted octanol–water partition coefficient (Wildman–Crippen LogP) is 2.05. The summed E-state index contributed by atoms with van der Waals surface area (Å²) < 4.78 is 5.34. The first-order valence-corrected chi connectivity index (χ1v) is 4.92. The molecule has 0 aliphatic rings. The molecule has 2 aromatic rings. The number of ether oxygens (including phenoxy) is 1. The van der Waals surface area contributed by atoms with Crippen molar-refractivity contribution in [1.82, 2.24) is 0 Å². The Morgan fingerprint density at radius 1 is 0.765 bits per heavy atom. The summed E-state index contributed by atoms with van der Waals surface area (Å²) in [5.41, 5.74) is 11.4. The zero-order valence-electron chi connectivity index (χ0n) is 8.92. The van der Waals surface area contributed by atoms with Crippen molar-refractivity contribution in [3.05, 3.63) is 36.4 Å². The van der Waals surface area contributed by atoms with Gasteiger partial charge in [-0.25, -0.2) is 0 Å². The second kappa shape index (κ2) is 4.13. The number of phenols is 2. The van der Waals surface area contributed by atoms with Crippen LogP contribution in [0.25, 0.3) is 0 Å². The van der Waals surface area contributed by atoms with Crippen LogP contribution in [0.5, 0.6) is 23.0 Å². The average molecular weight is 232 g/mol. The lowest BCUT2D eigenvalue weighted by Gasteiger charge is -2.11. The summed E-state index contributed by atoms with van der Waals surface area (Å²) in [7, 11) is 0. The molecule has 0 saturated heterocycles. The van der Waals surface area contributed by atoms with Gasteiger partial charge in [-0.2, -0.15) is 0 Å². The van der Waals surface area contributed by atoms with Crippen LogP contribution in [0.4, 0.5) is 11.4 Å². The Morgan fingerprint density at radius 3 is 1.59 bits per heavy atom. The standard InChI is InChI=1S/C12H12N2O3/c13-7-3-1-5-9(11(7)15)17-10-6-2-4-8(14)12(10)16/h1-6,15-16H,13-14H2. The molecule has 0 atom stereocenters. The predicted molar refractivity (Wildman–Crippen MR) is 65.1 cm³/mol. The van der Waals surface area contributed by atoms with Crippen molar-refractivity contribution in [1.29, 1.82) is 0 Å². The Bertz CT molecular complexity index is 506. The zero-order valence-corrected chi connectivity index (χ0v) is 8.92. The first-order chi connectivity index (χ1) is 8.09. The van der Waals surface area contributed by atoms with Crippen molar-refractivity contribution in [3.63, 3.8) is 0 Å². The van der Waals surface area contributed by atoms with Crippen molar-refractivity contribution in [2.75, 3.05) is 11.5 Å². The number of nitrogens with two attached hydrogens (primary N) is 2. The fourth-order valence-corrected chi connectivity index (χ4v) is 1.36. The monoisotopic (exact) mass is 232 g/mol. The highest BCUT2D eigenvalue weighted by molar-refractivity contribution is 5.63. The van der Waals surface area contributed by atoms with Crippen LogP contribution in [0.1, 0.15) is 0 Å². The summed E-state index contributed by atoms with van der Waals surface area (Å²) in [6.07, 6.45) is 0. The summed E-state index contributed by atoms with van der Waals surface area (Å²) in [6, 6.07) is 9.42. The number of aromatic hydroxyl groups is 2. The first kappa shape index (κ1) is 10.9. The van der Waals surface area contributed by atoms with E-state index in [-0.39, 0.29) is 34.4 Å². The summed E-state index contributed by atoms with van der Waals surface area (Å²) in [5.74, 6) is -0.0274. The fraction of sp³-hybridized carbons (Fsp3) is 0. The van der Waals surface area contributed by atoms with Crippen LogP contribution < -0.4 is 16.2 Å². The van der Waals surface area contributed by atoms with Crippen molar-refractivity contribution in [3.8, 4) is 23.0 Å². The van der Waals surface area contributed by atoms with Crippen LogP contribution in [0, 0.1) is 0 Å². The number of hydrogen-bond donors (Lipinski definition) is 4. The number of benzene rings is 2. The molecule has 0 amide bonds. The SMILES string of the molecule is Nc1cccc(Oc2cccc(N)c2O)c1O. The maximum absolute atomic E-state index is 9.66. The molecule has 6 N–H and O–H groups in total. The van der Waals surface area contributed by atoms with Gasteiger partial charge in [-0.3, -0.25) is 0 Å². The molecular weight excluding hydrogens is 220 g/mol. The Morgan fingerprint density at radius 2 is 1.18 bits per heavy atom. The number of nitrogen functional groups attached to an aromatic ring is 2. The van der Waals surface area contributed by atoms with E-state index in [2.05, 4.69) is 0 Å². The van der Waals surface area contributed by atoms with E-state index in [4.69, 9.17) is 16.2 Å². The summed E-state index contributed by atoms with van der Waals surface area (Å²) >= 11 is 0. The maximum Gasteiger partial charge on any atom is 0.181 e. The molecule has 0 aromatic heterocycles. The fourth-order valence-electron chi connectivity index (χ4n) is 1.36. The second-order valence-electron chi connectivity index (χ2n) is 3.49. The number of anilines is 2. The van der Waals surface area contributed by atoms with Gasteiger partial charge in [-0.15, -0.1) is 0 Å². The molecule has 0 fully saturated rings. The maximum atomic E-state index is 9.66. The van der Waals surface area contributed by atoms with E-state index in [9.17, 15) is 10.2 Å². The normalized spacial score (nSPS) is 10.1. The minimum Gasteiger partial charge on any atom is -0.503 e. The minimum atomic E-state index is -0.172. The highest BCUT2D eigenvalue weighted by atomic mass is 16.5. The molecule has 0 aliphatic heterocycles. The Kier molecular flexibility index (Phi) is 2.66. The molecule has 88 valence electrons. The van der Waals surface area contributed by atoms with E-state index < -0.39 is 0 Å². The highest BCUT2D eigenvalue weighted by Crippen LogP contribution is 2.39. The van der Waals surface area contributed by atoms with Gasteiger partial charge in [0.2, 0.25) is 0 Å². The Balaban J connectivity index is 2.38. The van der Waals surface area contributed by atoms with E-state index in [1.165, 1.54) is 12.1 Å². The minimum absolute atomic E-state index is 0.158. The molecule has 5 nitrogen and oxygen atoms in total. The lowest BCUT2D eigenvalue weighted by Crippen LogP contribution is -1.92. The van der Waals surface area contributed by atoms with Crippen molar-refractivity contribution >= 4 is 11.4 Å². The molecule has 0 heterocycles. The topological polar surface area (TPSA) is 102 Å². The Labute approximate surface area is 97.9 Å². The van der Waals surface area contributed by atoms with Crippen LogP contribution in [-0.2, 0) is 0 Å². The summed E-state index contributed by atoms with van der Waals surface area (Å²) in [4.78, 5) is 0. The molecule has 5 heteroatoms. The molecule has 0 radical (unpaired) electrons. The highest BCUT2D eigenvalue weighted by Gasteiger charge is 2.10. The third kappa shape index (κ3) is 2.03. The summed E-state index contributed by atoms with van der Waals surface area (Å²) in [5, 5.41) is 19.3. The molecule has 0 saturated carbocycles. The number of phenolic OH excluding ortho intramolecular Hbond substituents is 2.